The van der Waals surface area contributed by atoms with Crippen molar-refractivity contribution in [2.45, 2.75) is 59.5 Å². The fraction of sp³-hybridized carbons (Fsp3) is 0.647. The van der Waals surface area contributed by atoms with E-state index in [1.165, 1.54) is 11.3 Å². The van der Waals surface area contributed by atoms with Crippen LogP contribution in [0.4, 0.5) is 5.69 Å². The molecule has 0 saturated carbocycles. The lowest BCUT2D eigenvalue weighted by Gasteiger charge is -2.33. The molecule has 0 radical (unpaired) electrons. The summed E-state index contributed by atoms with van der Waals surface area (Å²) in [4.78, 5) is 2.41. The van der Waals surface area contributed by atoms with Crippen LogP contribution in [0.1, 0.15) is 46.6 Å². The number of halogens is 1. The van der Waals surface area contributed by atoms with Crippen LogP contribution in [-0.4, -0.2) is 18.6 Å². The van der Waals surface area contributed by atoms with Gasteiger partial charge in [-0.15, -0.1) is 0 Å². The Labute approximate surface area is 129 Å². The second-order valence-electron chi connectivity index (χ2n) is 6.26. The van der Waals surface area contributed by atoms with E-state index >= 15 is 0 Å². The summed E-state index contributed by atoms with van der Waals surface area (Å²) in [6.07, 6.45) is 1.87. The zero-order valence-corrected chi connectivity index (χ0v) is 14.2. The van der Waals surface area contributed by atoms with Crippen LogP contribution >= 0.6 is 11.6 Å². The standard InChI is InChI=1S/C17H29ClN2/c1-6-15(19)10-14-8-7-9-16(18)17(14)20(13(4)5)11-12(2)3/h7-9,12-13,15H,6,10-11,19H2,1-5H3. The van der Waals surface area contributed by atoms with Gasteiger partial charge in [-0.3, -0.25) is 0 Å². The second-order valence-corrected chi connectivity index (χ2v) is 6.67. The number of benzene rings is 1. The molecule has 0 saturated heterocycles. The van der Waals surface area contributed by atoms with Crippen LogP contribution in [0.3, 0.4) is 0 Å². The summed E-state index contributed by atoms with van der Waals surface area (Å²) in [6, 6.07) is 6.78. The molecule has 0 aliphatic rings. The number of hydrogen-bond acceptors (Lipinski definition) is 2. The first kappa shape index (κ1) is 17.3. The molecule has 0 amide bonds. The molecule has 1 aromatic carbocycles. The molecule has 1 aromatic rings. The van der Waals surface area contributed by atoms with Crippen molar-refractivity contribution in [2.24, 2.45) is 11.7 Å². The van der Waals surface area contributed by atoms with Gasteiger partial charge in [0.25, 0.3) is 0 Å². The molecule has 1 unspecified atom stereocenters. The minimum Gasteiger partial charge on any atom is -0.367 e. The van der Waals surface area contributed by atoms with Gasteiger partial charge in [-0.05, 0) is 44.2 Å². The minimum atomic E-state index is 0.195. The fourth-order valence-corrected chi connectivity index (χ4v) is 2.73. The van der Waals surface area contributed by atoms with Crippen molar-refractivity contribution in [1.29, 1.82) is 0 Å². The molecule has 0 fully saturated rings. The Bertz CT molecular complexity index is 415. The predicted molar refractivity (Wildman–Crippen MR) is 90.7 cm³/mol. The van der Waals surface area contributed by atoms with E-state index in [4.69, 9.17) is 17.3 Å². The second kappa shape index (κ2) is 7.90. The first-order valence-corrected chi connectivity index (χ1v) is 8.04. The molecule has 0 aliphatic heterocycles. The van der Waals surface area contributed by atoms with Crippen molar-refractivity contribution in [3.05, 3.63) is 28.8 Å². The van der Waals surface area contributed by atoms with Gasteiger partial charge in [0, 0.05) is 18.6 Å². The lowest BCUT2D eigenvalue weighted by Crippen LogP contribution is -2.35. The third-order valence-corrected chi connectivity index (χ3v) is 3.85. The van der Waals surface area contributed by atoms with Crippen LogP contribution in [0, 0.1) is 5.92 Å². The molecule has 2 nitrogen and oxygen atoms in total. The van der Waals surface area contributed by atoms with Gasteiger partial charge in [-0.25, -0.2) is 0 Å². The number of para-hydroxylation sites is 1. The van der Waals surface area contributed by atoms with Crippen molar-refractivity contribution in [1.82, 2.24) is 0 Å². The summed E-state index contributed by atoms with van der Waals surface area (Å²) in [7, 11) is 0. The molecule has 0 spiro atoms. The van der Waals surface area contributed by atoms with Crippen LogP contribution in [0.25, 0.3) is 0 Å². The lowest BCUT2D eigenvalue weighted by molar-refractivity contribution is 0.566. The summed E-state index contributed by atoms with van der Waals surface area (Å²) in [5.74, 6) is 0.598. The van der Waals surface area contributed by atoms with Crippen LogP contribution in [-0.2, 0) is 6.42 Å². The Balaban J connectivity index is 3.17. The van der Waals surface area contributed by atoms with Crippen molar-refractivity contribution in [3.63, 3.8) is 0 Å². The predicted octanol–water partition coefficient (Wildman–Crippen LogP) is 4.49. The molecule has 20 heavy (non-hydrogen) atoms. The van der Waals surface area contributed by atoms with E-state index in [0.717, 1.165) is 24.4 Å². The van der Waals surface area contributed by atoms with Crippen LogP contribution in [0.2, 0.25) is 5.02 Å². The van der Waals surface area contributed by atoms with Gasteiger partial charge >= 0.3 is 0 Å². The molecule has 114 valence electrons. The molecule has 0 heterocycles. The van der Waals surface area contributed by atoms with E-state index in [1.54, 1.807) is 0 Å². The molecule has 1 atom stereocenters. The van der Waals surface area contributed by atoms with Gasteiger partial charge in [-0.1, -0.05) is 44.5 Å². The Morgan fingerprint density at radius 2 is 1.85 bits per heavy atom. The fourth-order valence-electron chi connectivity index (χ4n) is 2.43. The molecular weight excluding hydrogens is 268 g/mol. The lowest BCUT2D eigenvalue weighted by atomic mass is 10.0. The highest BCUT2D eigenvalue weighted by atomic mass is 35.5. The molecule has 1 rings (SSSR count). The third-order valence-electron chi connectivity index (χ3n) is 3.55. The summed E-state index contributed by atoms with van der Waals surface area (Å²) in [5, 5.41) is 0.833. The van der Waals surface area contributed by atoms with E-state index in [1.807, 2.05) is 12.1 Å². The smallest absolute Gasteiger partial charge is 0.0642 e. The maximum atomic E-state index is 6.50. The zero-order valence-electron chi connectivity index (χ0n) is 13.5. The van der Waals surface area contributed by atoms with Crippen LogP contribution in [0.15, 0.2) is 18.2 Å². The Kier molecular flexibility index (Phi) is 6.84. The highest BCUT2D eigenvalue weighted by molar-refractivity contribution is 6.33. The number of hydrogen-bond donors (Lipinski definition) is 1. The van der Waals surface area contributed by atoms with Gasteiger partial charge in [0.05, 0.1) is 10.7 Å². The number of rotatable bonds is 7. The van der Waals surface area contributed by atoms with E-state index in [0.29, 0.717) is 12.0 Å². The van der Waals surface area contributed by atoms with Crippen molar-refractivity contribution in [3.8, 4) is 0 Å². The zero-order chi connectivity index (χ0) is 15.3. The molecule has 0 bridgehead atoms. The van der Waals surface area contributed by atoms with Crippen LogP contribution in [0.5, 0.6) is 0 Å². The quantitative estimate of drug-likeness (QED) is 0.803. The van der Waals surface area contributed by atoms with E-state index in [9.17, 15) is 0 Å². The maximum Gasteiger partial charge on any atom is 0.0642 e. The summed E-state index contributed by atoms with van der Waals surface area (Å²) in [6.45, 7) is 12.1. The molecule has 0 aromatic heterocycles. The van der Waals surface area contributed by atoms with E-state index < -0.39 is 0 Å². The Morgan fingerprint density at radius 3 is 2.35 bits per heavy atom. The number of anilines is 1. The molecule has 3 heteroatoms. The average Bonchev–Trinajstić information content (AvgIpc) is 2.36. The monoisotopic (exact) mass is 296 g/mol. The molecule has 0 aliphatic carbocycles. The SMILES string of the molecule is CCC(N)Cc1cccc(Cl)c1N(CC(C)C)C(C)C. The van der Waals surface area contributed by atoms with Crippen molar-refractivity contribution < 1.29 is 0 Å². The maximum absolute atomic E-state index is 6.50. The summed E-state index contributed by atoms with van der Waals surface area (Å²) >= 11 is 6.50. The van der Waals surface area contributed by atoms with Crippen molar-refractivity contribution >= 4 is 17.3 Å². The first-order chi connectivity index (χ1) is 9.36. The van der Waals surface area contributed by atoms with Gasteiger partial charge in [-0.2, -0.15) is 0 Å². The molecular formula is C17H29ClN2. The Morgan fingerprint density at radius 1 is 1.20 bits per heavy atom. The normalized spacial score (nSPS) is 13.1. The van der Waals surface area contributed by atoms with E-state index in [2.05, 4.69) is 45.6 Å². The highest BCUT2D eigenvalue weighted by Gasteiger charge is 2.19. The topological polar surface area (TPSA) is 29.3 Å². The average molecular weight is 297 g/mol. The first-order valence-electron chi connectivity index (χ1n) is 7.66. The minimum absolute atomic E-state index is 0.195. The Hall–Kier alpha value is -0.730. The highest BCUT2D eigenvalue weighted by Crippen LogP contribution is 2.32. The van der Waals surface area contributed by atoms with Crippen LogP contribution < -0.4 is 10.6 Å². The van der Waals surface area contributed by atoms with Gasteiger partial charge in [0.15, 0.2) is 0 Å². The van der Waals surface area contributed by atoms with Crippen molar-refractivity contribution in [2.75, 3.05) is 11.4 Å². The summed E-state index contributed by atoms with van der Waals surface area (Å²) < 4.78 is 0. The van der Waals surface area contributed by atoms with Gasteiger partial charge in [0.2, 0.25) is 0 Å². The number of nitrogens with two attached hydrogens (primary N) is 1. The third kappa shape index (κ3) is 4.68. The number of nitrogens with zero attached hydrogens (tertiary/aromatic N) is 1. The van der Waals surface area contributed by atoms with Gasteiger partial charge in [0.1, 0.15) is 0 Å². The van der Waals surface area contributed by atoms with E-state index in [-0.39, 0.29) is 6.04 Å². The molecule has 2 N–H and O–H groups in total. The summed E-state index contributed by atoms with van der Waals surface area (Å²) in [5.41, 5.74) is 8.57. The van der Waals surface area contributed by atoms with Gasteiger partial charge < -0.3 is 10.6 Å². The largest absolute Gasteiger partial charge is 0.367 e.